The first kappa shape index (κ1) is 22.4. The molecule has 1 aromatic rings. The molecule has 1 aliphatic rings. The van der Waals surface area contributed by atoms with Crippen LogP contribution in [-0.4, -0.2) is 46.7 Å². The lowest BCUT2D eigenvalue weighted by molar-refractivity contribution is -0.201. The molecule has 9 nitrogen and oxygen atoms in total. The van der Waals surface area contributed by atoms with E-state index in [4.69, 9.17) is 14.3 Å². The van der Waals surface area contributed by atoms with Crippen molar-refractivity contribution in [3.8, 4) is 0 Å². The van der Waals surface area contributed by atoms with Gasteiger partial charge in [0.15, 0.2) is 6.04 Å². The lowest BCUT2D eigenvalue weighted by atomic mass is 10.1. The van der Waals surface area contributed by atoms with Crippen molar-refractivity contribution >= 4 is 23.9 Å². The normalized spacial score (nSPS) is 16.3. The highest BCUT2D eigenvalue weighted by Gasteiger charge is 2.38. The first-order valence-corrected chi connectivity index (χ1v) is 9.29. The van der Waals surface area contributed by atoms with Crippen LogP contribution in [0.5, 0.6) is 0 Å². The lowest BCUT2D eigenvalue weighted by Gasteiger charge is -2.27. The summed E-state index contributed by atoms with van der Waals surface area (Å²) in [4.78, 5) is 53.2. The lowest BCUT2D eigenvalue weighted by Crippen LogP contribution is -2.52. The van der Waals surface area contributed by atoms with Crippen LogP contribution in [0.1, 0.15) is 46.1 Å². The fraction of sp³-hybridized carbons (Fsp3) is 0.500. The Hall–Kier alpha value is -2.94. The average molecular weight is 406 g/mol. The maximum atomic E-state index is 12.6. The third-order valence-electron chi connectivity index (χ3n) is 3.94. The van der Waals surface area contributed by atoms with Crippen molar-refractivity contribution in [2.75, 3.05) is 0 Å². The van der Waals surface area contributed by atoms with Crippen LogP contribution >= 0.6 is 0 Å². The molecular weight excluding hydrogens is 380 g/mol. The number of nitrogens with zero attached hydrogens (tertiary/aromatic N) is 1. The molecule has 0 radical (unpaired) electrons. The predicted octanol–water partition coefficient (Wildman–Crippen LogP) is 2.09. The zero-order valence-corrected chi connectivity index (χ0v) is 17.0. The number of hydroxylamine groups is 2. The summed E-state index contributed by atoms with van der Waals surface area (Å²) in [7, 11) is 0. The third-order valence-corrected chi connectivity index (χ3v) is 3.94. The molecule has 2 atom stereocenters. The molecule has 1 saturated heterocycles. The van der Waals surface area contributed by atoms with Gasteiger partial charge in [0.2, 0.25) is 0 Å². The molecule has 1 fully saturated rings. The van der Waals surface area contributed by atoms with E-state index in [9.17, 15) is 19.2 Å². The van der Waals surface area contributed by atoms with Gasteiger partial charge in [-0.15, -0.1) is 5.06 Å². The first-order valence-electron chi connectivity index (χ1n) is 9.29. The van der Waals surface area contributed by atoms with Gasteiger partial charge in [0.25, 0.3) is 11.8 Å². The Bertz CT molecular complexity index is 742. The van der Waals surface area contributed by atoms with E-state index in [1.165, 1.54) is 0 Å². The van der Waals surface area contributed by atoms with E-state index in [0.29, 0.717) is 5.06 Å². The molecule has 158 valence electrons. The molecule has 1 N–H and O–H groups in total. The Labute approximate surface area is 169 Å². The summed E-state index contributed by atoms with van der Waals surface area (Å²) >= 11 is 0. The first-order chi connectivity index (χ1) is 13.6. The fourth-order valence-electron chi connectivity index (χ4n) is 2.51. The molecule has 2 rings (SSSR count). The summed E-state index contributed by atoms with van der Waals surface area (Å²) < 4.78 is 10.9. The summed E-state index contributed by atoms with van der Waals surface area (Å²) in [5.41, 5.74) is 0.0849. The Balaban J connectivity index is 2.08. The van der Waals surface area contributed by atoms with Crippen LogP contribution in [0.15, 0.2) is 30.3 Å². The number of rotatable bonds is 7. The number of benzene rings is 1. The SMILES string of the molecule is C[C@H](OCc1ccccc1)[C@@H](NC(=O)OC(C)(C)C)C(=O)ON1C(=O)CCC1=O. The quantitative estimate of drug-likeness (QED) is 0.690. The van der Waals surface area contributed by atoms with Gasteiger partial charge in [0.05, 0.1) is 12.7 Å². The third kappa shape index (κ3) is 6.86. The monoisotopic (exact) mass is 406 g/mol. The van der Waals surface area contributed by atoms with Gasteiger partial charge in [0, 0.05) is 12.8 Å². The Morgan fingerprint density at radius 2 is 1.69 bits per heavy atom. The number of imide groups is 1. The van der Waals surface area contributed by atoms with E-state index in [0.717, 1.165) is 5.56 Å². The number of hydrogen-bond acceptors (Lipinski definition) is 7. The molecule has 0 aromatic heterocycles. The van der Waals surface area contributed by atoms with Gasteiger partial charge in [-0.25, -0.2) is 9.59 Å². The Morgan fingerprint density at radius 3 is 2.24 bits per heavy atom. The van der Waals surface area contributed by atoms with E-state index in [1.54, 1.807) is 27.7 Å². The molecule has 1 aromatic carbocycles. The minimum absolute atomic E-state index is 0.0314. The van der Waals surface area contributed by atoms with Gasteiger partial charge in [0.1, 0.15) is 5.60 Å². The number of nitrogens with one attached hydrogen (secondary N) is 1. The second-order valence-corrected chi connectivity index (χ2v) is 7.62. The van der Waals surface area contributed by atoms with Crippen LogP contribution in [0.3, 0.4) is 0 Å². The molecular formula is C20H26N2O7. The molecule has 1 heterocycles. The number of amides is 3. The second-order valence-electron chi connectivity index (χ2n) is 7.62. The second kappa shape index (κ2) is 9.51. The van der Waals surface area contributed by atoms with E-state index >= 15 is 0 Å². The smallest absolute Gasteiger partial charge is 0.408 e. The van der Waals surface area contributed by atoms with Gasteiger partial charge >= 0.3 is 12.1 Å². The summed E-state index contributed by atoms with van der Waals surface area (Å²) in [6, 6.07) is 7.96. The number of hydrogen-bond donors (Lipinski definition) is 1. The number of alkyl carbamates (subject to hydrolysis) is 1. The van der Waals surface area contributed by atoms with Crippen molar-refractivity contribution in [2.45, 2.75) is 64.9 Å². The molecule has 0 unspecified atom stereocenters. The molecule has 1 aliphatic heterocycles. The maximum absolute atomic E-state index is 12.6. The van der Waals surface area contributed by atoms with Crippen LogP contribution in [0.2, 0.25) is 0 Å². The highest BCUT2D eigenvalue weighted by Crippen LogP contribution is 2.15. The molecule has 0 saturated carbocycles. The topological polar surface area (TPSA) is 111 Å². The molecule has 3 amide bonds. The average Bonchev–Trinajstić information content (AvgIpc) is 2.95. The van der Waals surface area contributed by atoms with Gasteiger partial charge < -0.3 is 19.6 Å². The fourth-order valence-corrected chi connectivity index (χ4v) is 2.51. The van der Waals surface area contributed by atoms with Crippen molar-refractivity contribution in [1.82, 2.24) is 10.4 Å². The Morgan fingerprint density at radius 1 is 1.10 bits per heavy atom. The van der Waals surface area contributed by atoms with Crippen LogP contribution < -0.4 is 5.32 Å². The minimum atomic E-state index is -1.30. The van der Waals surface area contributed by atoms with E-state index in [2.05, 4.69) is 5.32 Å². The molecule has 29 heavy (non-hydrogen) atoms. The van der Waals surface area contributed by atoms with Crippen LogP contribution in [-0.2, 0) is 35.3 Å². The standard InChI is InChI=1S/C20H26N2O7/c1-13(27-12-14-8-6-5-7-9-14)17(21-19(26)28-20(2,3)4)18(25)29-22-15(23)10-11-16(22)24/h5-9,13,17H,10-12H2,1-4H3,(H,21,26)/t13-,17+/m0/s1. The zero-order valence-electron chi connectivity index (χ0n) is 17.0. The van der Waals surface area contributed by atoms with Crippen molar-refractivity contribution in [1.29, 1.82) is 0 Å². The predicted molar refractivity (Wildman–Crippen MR) is 101 cm³/mol. The highest BCUT2D eigenvalue weighted by atomic mass is 16.7. The minimum Gasteiger partial charge on any atom is -0.444 e. The van der Waals surface area contributed by atoms with Gasteiger partial charge in [-0.2, -0.15) is 0 Å². The van der Waals surface area contributed by atoms with E-state index in [-0.39, 0.29) is 19.4 Å². The van der Waals surface area contributed by atoms with Gasteiger partial charge in [-0.3, -0.25) is 9.59 Å². The van der Waals surface area contributed by atoms with Crippen LogP contribution in [0.4, 0.5) is 4.79 Å². The number of carbonyl (C=O) groups is 4. The van der Waals surface area contributed by atoms with Crippen molar-refractivity contribution in [2.24, 2.45) is 0 Å². The summed E-state index contributed by atoms with van der Waals surface area (Å²) in [5.74, 6) is -2.23. The summed E-state index contributed by atoms with van der Waals surface area (Å²) in [5, 5.41) is 2.83. The molecule has 0 bridgehead atoms. The van der Waals surface area contributed by atoms with E-state index < -0.39 is 41.6 Å². The molecule has 0 spiro atoms. The van der Waals surface area contributed by atoms with Gasteiger partial charge in [-0.1, -0.05) is 30.3 Å². The molecule has 0 aliphatic carbocycles. The molecule has 9 heteroatoms. The zero-order chi connectivity index (χ0) is 21.6. The van der Waals surface area contributed by atoms with E-state index in [1.807, 2.05) is 30.3 Å². The number of carbonyl (C=O) groups excluding carboxylic acids is 4. The van der Waals surface area contributed by atoms with Crippen LogP contribution in [0.25, 0.3) is 0 Å². The maximum Gasteiger partial charge on any atom is 0.408 e. The number of ether oxygens (including phenoxy) is 2. The summed E-state index contributed by atoms with van der Waals surface area (Å²) in [6.07, 6.45) is -1.75. The highest BCUT2D eigenvalue weighted by molar-refractivity contribution is 6.01. The largest absolute Gasteiger partial charge is 0.444 e. The van der Waals surface area contributed by atoms with Crippen molar-refractivity contribution in [3.05, 3.63) is 35.9 Å². The summed E-state index contributed by atoms with van der Waals surface area (Å²) in [6.45, 7) is 6.79. The van der Waals surface area contributed by atoms with Crippen molar-refractivity contribution in [3.63, 3.8) is 0 Å². The Kier molecular flexibility index (Phi) is 7.33. The van der Waals surface area contributed by atoms with Crippen molar-refractivity contribution < 1.29 is 33.5 Å². The van der Waals surface area contributed by atoms with Crippen LogP contribution in [0, 0.1) is 0 Å². The van der Waals surface area contributed by atoms with Gasteiger partial charge in [-0.05, 0) is 33.3 Å².